The number of ether oxygens (including phenoxy) is 3. The number of rotatable bonds is 12. The third-order valence-electron chi connectivity index (χ3n) is 4.84. The molecule has 4 atom stereocenters. The van der Waals surface area contributed by atoms with Gasteiger partial charge < -0.3 is 14.2 Å². The van der Waals surface area contributed by atoms with Crippen molar-refractivity contribution in [2.24, 2.45) is 0 Å². The van der Waals surface area contributed by atoms with Crippen LogP contribution in [0.15, 0.2) is 60.7 Å². The molecule has 0 aliphatic rings. The molecule has 0 saturated carbocycles. The molecule has 0 saturated heterocycles. The fraction of sp³-hybridized carbons (Fsp3) is 0.500. The standard InChI is InChI=1S/C24H34O3/c1-5-25-23(17-19(3)21-13-9-7-10-14-21)27-24(26-6-2)18-20(4)22-15-11-8-12-16-22/h7-16,19-20,23-24H,5-6,17-18H2,1-4H3. The number of hydrogen-bond acceptors (Lipinski definition) is 3. The maximum atomic E-state index is 6.27. The van der Waals surface area contributed by atoms with Crippen molar-refractivity contribution in [3.63, 3.8) is 0 Å². The molecule has 0 bridgehead atoms. The molecule has 2 aromatic carbocycles. The van der Waals surface area contributed by atoms with E-state index in [9.17, 15) is 0 Å². The molecule has 0 aliphatic carbocycles. The van der Waals surface area contributed by atoms with Crippen molar-refractivity contribution in [1.82, 2.24) is 0 Å². The fourth-order valence-corrected chi connectivity index (χ4v) is 3.28. The van der Waals surface area contributed by atoms with E-state index < -0.39 is 0 Å². The quantitative estimate of drug-likeness (QED) is 0.422. The summed E-state index contributed by atoms with van der Waals surface area (Å²) in [6, 6.07) is 21.0. The smallest absolute Gasteiger partial charge is 0.161 e. The SMILES string of the molecule is CCOC(CC(C)c1ccccc1)OC(CC(C)c1ccccc1)OCC. The summed E-state index contributed by atoms with van der Waals surface area (Å²) >= 11 is 0. The first kappa shape index (κ1) is 21.6. The zero-order valence-corrected chi connectivity index (χ0v) is 17.1. The summed E-state index contributed by atoms with van der Waals surface area (Å²) in [6.07, 6.45) is 1.07. The Hall–Kier alpha value is -1.68. The Labute approximate surface area is 164 Å². The highest BCUT2D eigenvalue weighted by atomic mass is 16.8. The Morgan fingerprint density at radius 1 is 0.630 bits per heavy atom. The molecule has 0 spiro atoms. The maximum Gasteiger partial charge on any atom is 0.161 e. The van der Waals surface area contributed by atoms with Crippen LogP contribution in [0.25, 0.3) is 0 Å². The van der Waals surface area contributed by atoms with Gasteiger partial charge >= 0.3 is 0 Å². The second kappa shape index (κ2) is 11.9. The average molecular weight is 371 g/mol. The molecular formula is C24H34O3. The lowest BCUT2D eigenvalue weighted by Crippen LogP contribution is -2.29. The van der Waals surface area contributed by atoms with E-state index in [0.29, 0.717) is 25.0 Å². The highest BCUT2D eigenvalue weighted by Gasteiger charge is 2.22. The van der Waals surface area contributed by atoms with Crippen molar-refractivity contribution in [3.8, 4) is 0 Å². The van der Waals surface area contributed by atoms with E-state index in [1.54, 1.807) is 0 Å². The number of hydrogen-bond donors (Lipinski definition) is 0. The first-order valence-corrected chi connectivity index (χ1v) is 10.1. The van der Waals surface area contributed by atoms with Crippen LogP contribution in [0.2, 0.25) is 0 Å². The Bertz CT molecular complexity index is 559. The summed E-state index contributed by atoms with van der Waals surface area (Å²) in [4.78, 5) is 0. The molecule has 0 heterocycles. The van der Waals surface area contributed by atoms with E-state index in [1.165, 1.54) is 11.1 Å². The molecule has 0 aliphatic heterocycles. The zero-order chi connectivity index (χ0) is 19.5. The molecule has 0 radical (unpaired) electrons. The summed E-state index contributed by atoms with van der Waals surface area (Å²) in [5.74, 6) is 0.716. The predicted molar refractivity (Wildman–Crippen MR) is 111 cm³/mol. The van der Waals surface area contributed by atoms with E-state index in [0.717, 1.165) is 12.8 Å². The Morgan fingerprint density at radius 3 is 1.33 bits per heavy atom. The van der Waals surface area contributed by atoms with Crippen molar-refractivity contribution in [3.05, 3.63) is 71.8 Å². The van der Waals surface area contributed by atoms with Crippen LogP contribution in [-0.4, -0.2) is 25.8 Å². The van der Waals surface area contributed by atoms with Gasteiger partial charge in [-0.05, 0) is 36.8 Å². The first-order valence-electron chi connectivity index (χ1n) is 10.1. The van der Waals surface area contributed by atoms with Gasteiger partial charge in [0.1, 0.15) is 0 Å². The minimum Gasteiger partial charge on any atom is -0.353 e. The predicted octanol–water partition coefficient (Wildman–Crippen LogP) is 6.12. The van der Waals surface area contributed by atoms with Crippen LogP contribution in [0, 0.1) is 0 Å². The van der Waals surface area contributed by atoms with Crippen LogP contribution in [0.4, 0.5) is 0 Å². The normalized spacial score (nSPS) is 15.9. The number of benzene rings is 2. The van der Waals surface area contributed by atoms with Crippen LogP contribution in [0.1, 0.15) is 63.5 Å². The topological polar surface area (TPSA) is 27.7 Å². The molecule has 2 aromatic rings. The zero-order valence-electron chi connectivity index (χ0n) is 17.1. The lowest BCUT2D eigenvalue weighted by Gasteiger charge is -2.28. The minimum atomic E-state index is -0.273. The molecule has 148 valence electrons. The highest BCUT2D eigenvalue weighted by molar-refractivity contribution is 5.19. The summed E-state index contributed by atoms with van der Waals surface area (Å²) in [5.41, 5.74) is 2.60. The van der Waals surface area contributed by atoms with Gasteiger partial charge in [-0.2, -0.15) is 0 Å². The van der Waals surface area contributed by atoms with Crippen molar-refractivity contribution in [2.45, 2.75) is 65.0 Å². The molecule has 2 rings (SSSR count). The van der Waals surface area contributed by atoms with Gasteiger partial charge in [0, 0.05) is 26.1 Å². The maximum absolute atomic E-state index is 6.27. The first-order chi connectivity index (χ1) is 13.1. The third-order valence-corrected chi connectivity index (χ3v) is 4.84. The third kappa shape index (κ3) is 7.45. The van der Waals surface area contributed by atoms with Gasteiger partial charge in [-0.1, -0.05) is 74.5 Å². The minimum absolute atomic E-state index is 0.273. The largest absolute Gasteiger partial charge is 0.353 e. The van der Waals surface area contributed by atoms with Crippen LogP contribution in [0.5, 0.6) is 0 Å². The molecule has 3 heteroatoms. The van der Waals surface area contributed by atoms with Crippen LogP contribution >= 0.6 is 0 Å². The summed E-state index contributed by atoms with van der Waals surface area (Å²) in [6.45, 7) is 9.69. The van der Waals surface area contributed by atoms with E-state index >= 15 is 0 Å². The van der Waals surface area contributed by atoms with Crippen LogP contribution < -0.4 is 0 Å². The molecular weight excluding hydrogens is 336 g/mol. The molecule has 0 amide bonds. The molecule has 0 fully saturated rings. The molecule has 0 aromatic heterocycles. The highest BCUT2D eigenvalue weighted by Crippen LogP contribution is 2.26. The van der Waals surface area contributed by atoms with Crippen molar-refractivity contribution in [1.29, 1.82) is 0 Å². The summed E-state index contributed by atoms with van der Waals surface area (Å²) in [5, 5.41) is 0. The lowest BCUT2D eigenvalue weighted by atomic mass is 9.97. The van der Waals surface area contributed by atoms with E-state index in [-0.39, 0.29) is 12.6 Å². The molecule has 4 unspecified atom stereocenters. The Morgan fingerprint density at radius 2 is 1.00 bits per heavy atom. The van der Waals surface area contributed by atoms with Gasteiger partial charge in [-0.3, -0.25) is 0 Å². The molecule has 3 nitrogen and oxygen atoms in total. The van der Waals surface area contributed by atoms with Gasteiger partial charge in [0.05, 0.1) is 0 Å². The van der Waals surface area contributed by atoms with E-state index in [1.807, 2.05) is 26.0 Å². The summed E-state index contributed by atoms with van der Waals surface area (Å²) in [7, 11) is 0. The van der Waals surface area contributed by atoms with Gasteiger partial charge in [-0.25, -0.2) is 0 Å². The average Bonchev–Trinajstić information content (AvgIpc) is 2.69. The van der Waals surface area contributed by atoms with Gasteiger partial charge in [0.15, 0.2) is 12.6 Å². The summed E-state index contributed by atoms with van der Waals surface area (Å²) < 4.78 is 18.1. The van der Waals surface area contributed by atoms with Crippen molar-refractivity contribution >= 4 is 0 Å². The second-order valence-electron chi connectivity index (χ2n) is 7.00. The van der Waals surface area contributed by atoms with E-state index in [2.05, 4.69) is 62.4 Å². The Kier molecular flexibility index (Phi) is 9.54. The Balaban J connectivity index is 1.99. The van der Waals surface area contributed by atoms with Gasteiger partial charge in [0.2, 0.25) is 0 Å². The van der Waals surface area contributed by atoms with Crippen LogP contribution in [-0.2, 0) is 14.2 Å². The van der Waals surface area contributed by atoms with Crippen molar-refractivity contribution in [2.75, 3.05) is 13.2 Å². The van der Waals surface area contributed by atoms with Gasteiger partial charge in [0.25, 0.3) is 0 Å². The van der Waals surface area contributed by atoms with Crippen LogP contribution in [0.3, 0.4) is 0 Å². The van der Waals surface area contributed by atoms with Crippen molar-refractivity contribution < 1.29 is 14.2 Å². The lowest BCUT2D eigenvalue weighted by molar-refractivity contribution is -0.248. The fourth-order valence-electron chi connectivity index (χ4n) is 3.28. The van der Waals surface area contributed by atoms with E-state index in [4.69, 9.17) is 14.2 Å². The molecule has 27 heavy (non-hydrogen) atoms. The van der Waals surface area contributed by atoms with Gasteiger partial charge in [-0.15, -0.1) is 0 Å². The second-order valence-corrected chi connectivity index (χ2v) is 7.00. The molecule has 0 N–H and O–H groups in total. The monoisotopic (exact) mass is 370 g/mol.